The summed E-state index contributed by atoms with van der Waals surface area (Å²) in [4.78, 5) is 24.6. The number of aliphatic hydroxyl groups is 2. The Morgan fingerprint density at radius 2 is 0.539 bits per heavy atom. The van der Waals surface area contributed by atoms with Crippen LogP contribution >= 0.6 is 0 Å². The third-order valence-corrected chi connectivity index (χ3v) is 16.9. The van der Waals surface area contributed by atoms with Crippen LogP contribution in [0.3, 0.4) is 0 Å². The Kier molecular flexibility index (Phi) is 65.4. The Balaban J connectivity index is 3.35. The van der Waals surface area contributed by atoms with Crippen molar-refractivity contribution in [3.63, 3.8) is 0 Å². The number of nitrogens with one attached hydrogen (secondary N) is 1. The van der Waals surface area contributed by atoms with Gasteiger partial charge in [0.25, 0.3) is 0 Å². The molecule has 454 valence electrons. The number of unbranched alkanes of at least 4 members (excludes halogenated alkanes) is 56. The number of rotatable bonds is 67. The van der Waals surface area contributed by atoms with E-state index in [1.807, 2.05) is 0 Å². The Morgan fingerprint density at radius 1 is 0.316 bits per heavy atom. The lowest BCUT2D eigenvalue weighted by atomic mass is 10.0. The standard InChI is InChI=1S/C70H139NO5/c1-3-5-7-9-11-13-15-17-19-20-21-29-32-35-38-42-46-50-54-58-62-68(73)67(66-72)71-69(74)63-59-55-51-47-43-39-36-33-30-27-25-23-22-24-26-28-31-34-37-41-45-49-53-57-61-65-76-70(75)64-60-56-52-48-44-40-18-16-14-12-10-8-6-4-2/h67-68,72-73H,3-66H2,1-2H3,(H,71,74). The molecule has 0 radical (unpaired) electrons. The minimum Gasteiger partial charge on any atom is -0.466 e. The van der Waals surface area contributed by atoms with Gasteiger partial charge in [-0.05, 0) is 25.7 Å². The molecule has 6 heteroatoms. The summed E-state index contributed by atoms with van der Waals surface area (Å²) >= 11 is 0. The van der Waals surface area contributed by atoms with Crippen molar-refractivity contribution in [1.29, 1.82) is 0 Å². The zero-order valence-electron chi connectivity index (χ0n) is 52.0. The highest BCUT2D eigenvalue weighted by atomic mass is 16.5. The largest absolute Gasteiger partial charge is 0.466 e. The molecule has 0 aliphatic heterocycles. The number of carbonyl (C=O) groups is 2. The fourth-order valence-electron chi connectivity index (χ4n) is 11.5. The van der Waals surface area contributed by atoms with Crippen LogP contribution in [-0.4, -0.2) is 47.4 Å². The van der Waals surface area contributed by atoms with E-state index in [-0.39, 0.29) is 18.5 Å². The van der Waals surface area contributed by atoms with Crippen molar-refractivity contribution < 1.29 is 24.5 Å². The zero-order chi connectivity index (χ0) is 55.0. The summed E-state index contributed by atoms with van der Waals surface area (Å²) in [5.41, 5.74) is 0. The summed E-state index contributed by atoms with van der Waals surface area (Å²) in [6.07, 6.45) is 80.0. The topological polar surface area (TPSA) is 95.9 Å². The van der Waals surface area contributed by atoms with Gasteiger partial charge in [0.1, 0.15) is 0 Å². The molecule has 76 heavy (non-hydrogen) atoms. The second kappa shape index (κ2) is 66.4. The molecule has 0 aromatic heterocycles. The molecule has 0 heterocycles. The Morgan fingerprint density at radius 3 is 0.803 bits per heavy atom. The van der Waals surface area contributed by atoms with Gasteiger partial charge in [-0.3, -0.25) is 9.59 Å². The summed E-state index contributed by atoms with van der Waals surface area (Å²) in [5.74, 6) is -0.00788. The first-order valence-corrected chi connectivity index (χ1v) is 35.3. The van der Waals surface area contributed by atoms with E-state index in [0.717, 1.165) is 38.5 Å². The van der Waals surface area contributed by atoms with Gasteiger partial charge in [0, 0.05) is 12.8 Å². The van der Waals surface area contributed by atoms with Gasteiger partial charge >= 0.3 is 5.97 Å². The molecule has 0 aliphatic rings. The van der Waals surface area contributed by atoms with E-state index < -0.39 is 12.1 Å². The highest BCUT2D eigenvalue weighted by Gasteiger charge is 2.20. The highest BCUT2D eigenvalue weighted by molar-refractivity contribution is 5.76. The minimum absolute atomic E-state index is 0.0201. The first-order valence-electron chi connectivity index (χ1n) is 35.3. The number of amides is 1. The predicted molar refractivity (Wildman–Crippen MR) is 334 cm³/mol. The van der Waals surface area contributed by atoms with Gasteiger partial charge < -0.3 is 20.3 Å². The second-order valence-electron chi connectivity index (χ2n) is 24.6. The van der Waals surface area contributed by atoms with Gasteiger partial charge in [-0.2, -0.15) is 0 Å². The lowest BCUT2D eigenvalue weighted by Gasteiger charge is -2.22. The summed E-state index contributed by atoms with van der Waals surface area (Å²) in [6, 6.07) is -0.540. The van der Waals surface area contributed by atoms with Crippen LogP contribution in [0.1, 0.15) is 412 Å². The first-order chi connectivity index (χ1) is 37.5. The van der Waals surface area contributed by atoms with Crippen LogP contribution in [0.15, 0.2) is 0 Å². The Labute approximate surface area is 476 Å². The van der Waals surface area contributed by atoms with Crippen molar-refractivity contribution in [3.8, 4) is 0 Å². The molecule has 0 aromatic rings. The fraction of sp³-hybridized carbons (Fsp3) is 0.971. The third-order valence-electron chi connectivity index (χ3n) is 16.9. The van der Waals surface area contributed by atoms with Gasteiger partial charge in [0.05, 0.1) is 25.4 Å². The van der Waals surface area contributed by atoms with Crippen molar-refractivity contribution in [2.75, 3.05) is 13.2 Å². The molecule has 3 N–H and O–H groups in total. The summed E-state index contributed by atoms with van der Waals surface area (Å²) < 4.78 is 5.50. The van der Waals surface area contributed by atoms with Gasteiger partial charge in [0.2, 0.25) is 5.91 Å². The van der Waals surface area contributed by atoms with Gasteiger partial charge in [-0.15, -0.1) is 0 Å². The summed E-state index contributed by atoms with van der Waals surface area (Å²) in [7, 11) is 0. The monoisotopic (exact) mass is 1070 g/mol. The SMILES string of the molecule is CCCCCCCCCCCCCCCCCCCCCCC(O)C(CO)NC(=O)CCCCCCCCCCCCCCCCCCCCCCCCCCCOC(=O)CCCCCCCCCCCCCCCC. The molecule has 0 saturated heterocycles. The fourth-order valence-corrected chi connectivity index (χ4v) is 11.5. The summed E-state index contributed by atoms with van der Waals surface area (Å²) in [6.45, 7) is 5.00. The lowest BCUT2D eigenvalue weighted by Crippen LogP contribution is -2.45. The van der Waals surface area contributed by atoms with E-state index in [0.29, 0.717) is 25.9 Å². The Bertz CT molecular complexity index is 1100. The van der Waals surface area contributed by atoms with Crippen LogP contribution in [0.2, 0.25) is 0 Å². The van der Waals surface area contributed by atoms with Gasteiger partial charge in [-0.1, -0.05) is 373 Å². The first kappa shape index (κ1) is 74.9. The number of aliphatic hydroxyl groups excluding tert-OH is 2. The average molecular weight is 1070 g/mol. The molecule has 2 atom stereocenters. The molecule has 1 amide bonds. The van der Waals surface area contributed by atoms with E-state index in [9.17, 15) is 19.8 Å². The van der Waals surface area contributed by atoms with Crippen LogP contribution in [0, 0.1) is 0 Å². The summed E-state index contributed by atoms with van der Waals surface area (Å²) in [5, 5.41) is 23.4. The predicted octanol–water partition coefficient (Wildman–Crippen LogP) is 22.6. The van der Waals surface area contributed by atoms with Crippen molar-refractivity contribution >= 4 is 11.9 Å². The van der Waals surface area contributed by atoms with Crippen molar-refractivity contribution in [1.82, 2.24) is 5.32 Å². The van der Waals surface area contributed by atoms with Crippen LogP contribution in [0.25, 0.3) is 0 Å². The third kappa shape index (κ3) is 62.1. The lowest BCUT2D eigenvalue weighted by molar-refractivity contribution is -0.143. The molecule has 0 fully saturated rings. The van der Waals surface area contributed by atoms with Crippen LogP contribution in [-0.2, 0) is 14.3 Å². The molecule has 0 spiro atoms. The van der Waals surface area contributed by atoms with Crippen LogP contribution in [0.4, 0.5) is 0 Å². The molecular weight excluding hydrogens is 935 g/mol. The van der Waals surface area contributed by atoms with E-state index >= 15 is 0 Å². The maximum atomic E-state index is 12.5. The number of ether oxygens (including phenoxy) is 1. The maximum absolute atomic E-state index is 12.5. The maximum Gasteiger partial charge on any atom is 0.305 e. The van der Waals surface area contributed by atoms with Crippen molar-refractivity contribution in [2.45, 2.75) is 424 Å². The average Bonchev–Trinajstić information content (AvgIpc) is 3.42. The molecule has 0 aliphatic carbocycles. The molecule has 2 unspecified atom stereocenters. The molecular formula is C70H139NO5. The van der Waals surface area contributed by atoms with Gasteiger partial charge in [0.15, 0.2) is 0 Å². The molecule has 0 saturated carbocycles. The molecule has 0 aromatic carbocycles. The number of hydrogen-bond acceptors (Lipinski definition) is 5. The Hall–Kier alpha value is -1.14. The van der Waals surface area contributed by atoms with E-state index in [1.165, 1.54) is 340 Å². The van der Waals surface area contributed by atoms with E-state index in [4.69, 9.17) is 4.74 Å². The second-order valence-corrected chi connectivity index (χ2v) is 24.6. The normalized spacial score (nSPS) is 12.4. The van der Waals surface area contributed by atoms with Gasteiger partial charge in [-0.25, -0.2) is 0 Å². The number of carbonyl (C=O) groups excluding carboxylic acids is 2. The smallest absolute Gasteiger partial charge is 0.305 e. The molecule has 6 nitrogen and oxygen atoms in total. The zero-order valence-corrected chi connectivity index (χ0v) is 52.0. The molecule has 0 bridgehead atoms. The number of hydrogen-bond donors (Lipinski definition) is 3. The van der Waals surface area contributed by atoms with Crippen molar-refractivity contribution in [3.05, 3.63) is 0 Å². The number of esters is 1. The minimum atomic E-state index is -0.663. The molecule has 0 rings (SSSR count). The van der Waals surface area contributed by atoms with Crippen molar-refractivity contribution in [2.24, 2.45) is 0 Å². The van der Waals surface area contributed by atoms with E-state index in [2.05, 4.69) is 19.2 Å². The quantitative estimate of drug-likeness (QED) is 0.0417. The highest BCUT2D eigenvalue weighted by Crippen LogP contribution is 2.20. The van der Waals surface area contributed by atoms with Crippen LogP contribution < -0.4 is 5.32 Å². The van der Waals surface area contributed by atoms with Crippen LogP contribution in [0.5, 0.6) is 0 Å². The van der Waals surface area contributed by atoms with E-state index in [1.54, 1.807) is 0 Å².